The van der Waals surface area contributed by atoms with Crippen molar-refractivity contribution in [1.29, 1.82) is 0 Å². The maximum atomic E-state index is 10.5. The topological polar surface area (TPSA) is 37.3 Å². The van der Waals surface area contributed by atoms with E-state index < -0.39 is 11.1 Å². The van der Waals surface area contributed by atoms with Gasteiger partial charge in [0.1, 0.15) is 0 Å². The lowest BCUT2D eigenvalue weighted by molar-refractivity contribution is 0.563. The van der Waals surface area contributed by atoms with Crippen LogP contribution in [0.3, 0.4) is 0 Å². The molecule has 0 aliphatic carbocycles. The van der Waals surface area contributed by atoms with Crippen molar-refractivity contribution in [3.05, 3.63) is 42.0 Å². The summed E-state index contributed by atoms with van der Waals surface area (Å²) in [6.07, 6.45) is 1.68. The van der Waals surface area contributed by atoms with Gasteiger partial charge in [-0.05, 0) is 11.1 Å². The van der Waals surface area contributed by atoms with E-state index in [0.717, 1.165) is 11.1 Å². The quantitative estimate of drug-likeness (QED) is 0.726. The Morgan fingerprint density at radius 3 is 2.75 bits per heavy atom. The predicted molar refractivity (Wildman–Crippen MR) is 51.0 cm³/mol. The van der Waals surface area contributed by atoms with Gasteiger partial charge in [-0.15, -0.1) is 0 Å². The lowest BCUT2D eigenvalue weighted by Crippen LogP contribution is -1.94. The Hall–Kier alpha value is -0.930. The molecule has 1 aromatic rings. The molecule has 2 nitrogen and oxygen atoms in total. The molecule has 64 valence electrons. The van der Waals surface area contributed by atoms with Gasteiger partial charge in [-0.3, -0.25) is 0 Å². The van der Waals surface area contributed by atoms with Crippen LogP contribution in [0.2, 0.25) is 0 Å². The van der Waals surface area contributed by atoms with E-state index in [4.69, 9.17) is 4.55 Å². The van der Waals surface area contributed by atoms with Crippen LogP contribution in [-0.4, -0.2) is 8.76 Å². The zero-order valence-electron chi connectivity index (χ0n) is 6.56. The Bertz CT molecular complexity index is 307. The third-order valence-corrected chi connectivity index (χ3v) is 2.11. The van der Waals surface area contributed by atoms with Crippen LogP contribution in [0.15, 0.2) is 30.8 Å². The first-order valence-electron chi connectivity index (χ1n) is 3.52. The van der Waals surface area contributed by atoms with Gasteiger partial charge < -0.3 is 4.55 Å². The first-order valence-corrected chi connectivity index (χ1v) is 4.79. The summed E-state index contributed by atoms with van der Waals surface area (Å²) in [6, 6.07) is 7.41. The second kappa shape index (κ2) is 4.18. The third kappa shape index (κ3) is 2.29. The second-order valence-corrected chi connectivity index (χ2v) is 3.30. The Kier molecular flexibility index (Phi) is 3.19. The number of hydrogen-bond acceptors (Lipinski definition) is 1. The predicted octanol–water partition coefficient (Wildman–Crippen LogP) is 2.05. The highest BCUT2D eigenvalue weighted by atomic mass is 32.2. The molecule has 0 spiro atoms. The minimum Gasteiger partial charge on any atom is -0.306 e. The van der Waals surface area contributed by atoms with Gasteiger partial charge in [0.05, 0.1) is 5.75 Å². The minimum atomic E-state index is -1.78. The van der Waals surface area contributed by atoms with Crippen LogP contribution in [-0.2, 0) is 16.8 Å². The largest absolute Gasteiger partial charge is 0.306 e. The zero-order valence-corrected chi connectivity index (χ0v) is 7.38. The first kappa shape index (κ1) is 9.16. The SMILES string of the molecule is C=Cc1ccccc1CS(=O)O. The van der Waals surface area contributed by atoms with Crippen LogP contribution in [0.4, 0.5) is 0 Å². The maximum Gasteiger partial charge on any atom is 0.157 e. The zero-order chi connectivity index (χ0) is 8.97. The molecule has 0 fully saturated rings. The second-order valence-electron chi connectivity index (χ2n) is 2.37. The van der Waals surface area contributed by atoms with Crippen molar-refractivity contribution in [2.75, 3.05) is 0 Å². The maximum absolute atomic E-state index is 10.5. The van der Waals surface area contributed by atoms with Crippen LogP contribution >= 0.6 is 0 Å². The van der Waals surface area contributed by atoms with Crippen molar-refractivity contribution >= 4 is 17.2 Å². The summed E-state index contributed by atoms with van der Waals surface area (Å²) in [6.45, 7) is 3.62. The summed E-state index contributed by atoms with van der Waals surface area (Å²) in [5.74, 6) is 0.169. The van der Waals surface area contributed by atoms with Gasteiger partial charge in [0.15, 0.2) is 11.1 Å². The molecular weight excluding hydrogens is 172 g/mol. The number of rotatable bonds is 3. The van der Waals surface area contributed by atoms with E-state index in [9.17, 15) is 4.21 Å². The van der Waals surface area contributed by atoms with Crippen molar-refractivity contribution in [3.8, 4) is 0 Å². The molecule has 1 atom stereocenters. The molecule has 0 aromatic heterocycles. The van der Waals surface area contributed by atoms with Crippen LogP contribution in [0.5, 0.6) is 0 Å². The molecular formula is C9H10O2S. The number of hydrogen-bond donors (Lipinski definition) is 1. The van der Waals surface area contributed by atoms with Crippen LogP contribution in [0, 0.1) is 0 Å². The van der Waals surface area contributed by atoms with Gasteiger partial charge in [0, 0.05) is 0 Å². The van der Waals surface area contributed by atoms with E-state index in [-0.39, 0.29) is 5.75 Å². The molecule has 3 heteroatoms. The van der Waals surface area contributed by atoms with Crippen LogP contribution in [0.25, 0.3) is 6.08 Å². The smallest absolute Gasteiger partial charge is 0.157 e. The molecule has 1 unspecified atom stereocenters. The van der Waals surface area contributed by atoms with E-state index in [0.29, 0.717) is 0 Å². The van der Waals surface area contributed by atoms with Crippen molar-refractivity contribution in [2.45, 2.75) is 5.75 Å². The molecule has 0 aliphatic heterocycles. The normalized spacial score (nSPS) is 12.4. The first-order chi connectivity index (χ1) is 5.74. The Morgan fingerprint density at radius 1 is 1.50 bits per heavy atom. The molecule has 0 saturated carbocycles. The van der Waals surface area contributed by atoms with E-state index in [1.165, 1.54) is 0 Å². The minimum absolute atomic E-state index is 0.169. The fourth-order valence-corrected chi connectivity index (χ4v) is 1.53. The Morgan fingerprint density at radius 2 is 2.17 bits per heavy atom. The van der Waals surface area contributed by atoms with Crippen LogP contribution in [0.1, 0.15) is 11.1 Å². The molecule has 0 aliphatic rings. The van der Waals surface area contributed by atoms with Gasteiger partial charge in [-0.2, -0.15) is 0 Å². The van der Waals surface area contributed by atoms with Crippen molar-refractivity contribution in [2.24, 2.45) is 0 Å². The standard InChI is InChI=1S/C9H10O2S/c1-2-8-5-3-4-6-9(8)7-12(10)11/h2-6H,1,7H2,(H,10,11). The van der Waals surface area contributed by atoms with Gasteiger partial charge in [-0.1, -0.05) is 36.9 Å². The average Bonchev–Trinajstić information content (AvgIpc) is 2.04. The molecule has 12 heavy (non-hydrogen) atoms. The fourth-order valence-electron chi connectivity index (χ4n) is 0.998. The number of benzene rings is 1. The summed E-state index contributed by atoms with van der Waals surface area (Å²) < 4.78 is 19.2. The lowest BCUT2D eigenvalue weighted by atomic mass is 10.1. The van der Waals surface area contributed by atoms with E-state index in [2.05, 4.69) is 6.58 Å². The molecule has 1 rings (SSSR count). The molecule has 0 saturated heterocycles. The molecule has 1 N–H and O–H groups in total. The summed E-state index contributed by atoms with van der Waals surface area (Å²) >= 11 is -1.78. The Balaban J connectivity index is 2.96. The van der Waals surface area contributed by atoms with Crippen molar-refractivity contribution in [3.63, 3.8) is 0 Å². The fraction of sp³-hybridized carbons (Fsp3) is 0.111. The van der Waals surface area contributed by atoms with Gasteiger partial charge in [0.2, 0.25) is 0 Å². The van der Waals surface area contributed by atoms with Gasteiger partial charge in [-0.25, -0.2) is 4.21 Å². The molecule has 1 aromatic carbocycles. The van der Waals surface area contributed by atoms with Crippen molar-refractivity contribution in [1.82, 2.24) is 0 Å². The summed E-state index contributed by atoms with van der Waals surface area (Å²) in [5.41, 5.74) is 1.77. The third-order valence-electron chi connectivity index (χ3n) is 1.55. The van der Waals surface area contributed by atoms with Gasteiger partial charge >= 0.3 is 0 Å². The Labute approximate surface area is 74.2 Å². The van der Waals surface area contributed by atoms with E-state index >= 15 is 0 Å². The average molecular weight is 182 g/mol. The summed E-state index contributed by atoms with van der Waals surface area (Å²) in [5, 5.41) is 0. The highest BCUT2D eigenvalue weighted by Gasteiger charge is 2.00. The lowest BCUT2D eigenvalue weighted by Gasteiger charge is -2.01. The highest BCUT2D eigenvalue weighted by molar-refractivity contribution is 7.78. The van der Waals surface area contributed by atoms with E-state index in [1.807, 2.05) is 24.3 Å². The van der Waals surface area contributed by atoms with Crippen LogP contribution < -0.4 is 0 Å². The molecule has 0 amide bonds. The van der Waals surface area contributed by atoms with Gasteiger partial charge in [0.25, 0.3) is 0 Å². The monoisotopic (exact) mass is 182 g/mol. The summed E-state index contributed by atoms with van der Waals surface area (Å²) in [7, 11) is 0. The van der Waals surface area contributed by atoms with E-state index in [1.54, 1.807) is 6.08 Å². The van der Waals surface area contributed by atoms with Crippen molar-refractivity contribution < 1.29 is 8.76 Å². The summed E-state index contributed by atoms with van der Waals surface area (Å²) in [4.78, 5) is 0. The molecule has 0 radical (unpaired) electrons. The molecule has 0 heterocycles. The highest BCUT2D eigenvalue weighted by Crippen LogP contribution is 2.11. The molecule has 0 bridgehead atoms.